The van der Waals surface area contributed by atoms with E-state index in [4.69, 9.17) is 20.8 Å². The first-order chi connectivity index (χ1) is 7.81. The first-order valence-corrected chi connectivity index (χ1v) is 5.46. The average Bonchev–Trinajstić information content (AvgIpc) is 2.86. The molecule has 3 heterocycles. The van der Waals surface area contributed by atoms with Gasteiger partial charge in [0.15, 0.2) is 5.58 Å². The van der Waals surface area contributed by atoms with Crippen LogP contribution in [0.4, 0.5) is 6.01 Å². The van der Waals surface area contributed by atoms with Crippen LogP contribution in [0.5, 0.6) is 0 Å². The van der Waals surface area contributed by atoms with E-state index in [1.165, 1.54) is 0 Å². The Kier molecular flexibility index (Phi) is 2.41. The van der Waals surface area contributed by atoms with E-state index in [-0.39, 0.29) is 6.04 Å². The number of fused-ring (bicyclic) bond motifs is 1. The van der Waals surface area contributed by atoms with E-state index in [1.807, 2.05) is 0 Å². The molecule has 1 saturated heterocycles. The number of nitrogens with one attached hydrogen (secondary N) is 1. The Hall–Kier alpha value is -1.33. The van der Waals surface area contributed by atoms with Gasteiger partial charge in [0.25, 0.3) is 6.01 Å². The van der Waals surface area contributed by atoms with E-state index < -0.39 is 0 Å². The summed E-state index contributed by atoms with van der Waals surface area (Å²) in [6.07, 6.45) is 0.965. The fourth-order valence-corrected chi connectivity index (χ4v) is 1.82. The number of pyridine rings is 1. The van der Waals surface area contributed by atoms with Gasteiger partial charge in [-0.3, -0.25) is 0 Å². The van der Waals surface area contributed by atoms with Crippen molar-refractivity contribution in [1.82, 2.24) is 9.97 Å². The fraction of sp³-hybridized carbons (Fsp3) is 0.400. The van der Waals surface area contributed by atoms with Crippen LogP contribution >= 0.6 is 11.6 Å². The van der Waals surface area contributed by atoms with Gasteiger partial charge < -0.3 is 14.5 Å². The molecule has 1 unspecified atom stereocenters. The van der Waals surface area contributed by atoms with E-state index in [9.17, 15) is 0 Å². The van der Waals surface area contributed by atoms with E-state index in [0.717, 1.165) is 13.0 Å². The average molecular weight is 240 g/mol. The summed E-state index contributed by atoms with van der Waals surface area (Å²) >= 11 is 5.77. The summed E-state index contributed by atoms with van der Waals surface area (Å²) in [5.41, 5.74) is 1.15. The molecule has 2 aromatic rings. The molecular formula is C10H10ClN3O2. The first kappa shape index (κ1) is 9.86. The van der Waals surface area contributed by atoms with Crippen molar-refractivity contribution in [1.29, 1.82) is 0 Å². The predicted molar refractivity (Wildman–Crippen MR) is 59.7 cm³/mol. The number of hydrogen-bond acceptors (Lipinski definition) is 5. The quantitative estimate of drug-likeness (QED) is 0.813. The Morgan fingerprint density at radius 1 is 1.38 bits per heavy atom. The van der Waals surface area contributed by atoms with Gasteiger partial charge >= 0.3 is 0 Å². The maximum absolute atomic E-state index is 5.77. The van der Waals surface area contributed by atoms with Crippen molar-refractivity contribution >= 4 is 28.8 Å². The Labute approximate surface area is 96.8 Å². The highest BCUT2D eigenvalue weighted by Crippen LogP contribution is 2.20. The van der Waals surface area contributed by atoms with Gasteiger partial charge in [-0.2, -0.15) is 4.98 Å². The molecule has 1 aliphatic rings. The molecule has 1 aliphatic heterocycles. The molecule has 0 aromatic carbocycles. The number of oxazole rings is 1. The minimum atomic E-state index is 0.267. The van der Waals surface area contributed by atoms with Gasteiger partial charge in [0.05, 0.1) is 12.6 Å². The maximum Gasteiger partial charge on any atom is 0.297 e. The SMILES string of the molecule is Clc1ccc2oc(NC3CCOC3)nc2n1. The van der Waals surface area contributed by atoms with Gasteiger partial charge in [-0.25, -0.2) is 4.98 Å². The van der Waals surface area contributed by atoms with Crippen LogP contribution in [0, 0.1) is 0 Å². The highest BCUT2D eigenvalue weighted by Gasteiger charge is 2.17. The molecule has 0 aliphatic carbocycles. The third kappa shape index (κ3) is 1.83. The zero-order valence-electron chi connectivity index (χ0n) is 8.44. The second-order valence-electron chi connectivity index (χ2n) is 3.68. The summed E-state index contributed by atoms with van der Waals surface area (Å²) in [5, 5.41) is 3.58. The molecule has 0 amide bonds. The summed E-state index contributed by atoms with van der Waals surface area (Å²) in [7, 11) is 0. The molecule has 6 heteroatoms. The number of ether oxygens (including phenoxy) is 1. The van der Waals surface area contributed by atoms with Crippen LogP contribution in [0.2, 0.25) is 5.15 Å². The van der Waals surface area contributed by atoms with Crippen molar-refractivity contribution in [2.45, 2.75) is 12.5 Å². The van der Waals surface area contributed by atoms with Crippen LogP contribution in [0.25, 0.3) is 11.2 Å². The van der Waals surface area contributed by atoms with Gasteiger partial charge in [0.2, 0.25) is 5.65 Å². The van der Waals surface area contributed by atoms with E-state index in [2.05, 4.69) is 15.3 Å². The zero-order chi connectivity index (χ0) is 11.0. The molecule has 0 saturated carbocycles. The van der Waals surface area contributed by atoms with Crippen molar-refractivity contribution < 1.29 is 9.15 Å². The minimum absolute atomic E-state index is 0.267. The Balaban J connectivity index is 1.86. The molecular weight excluding hydrogens is 230 g/mol. The third-order valence-electron chi connectivity index (χ3n) is 2.48. The lowest BCUT2D eigenvalue weighted by atomic mass is 10.3. The smallest absolute Gasteiger partial charge is 0.297 e. The summed E-state index contributed by atoms with van der Waals surface area (Å²) in [5.74, 6) is 0. The first-order valence-electron chi connectivity index (χ1n) is 5.08. The van der Waals surface area contributed by atoms with Crippen LogP contribution in [0.15, 0.2) is 16.5 Å². The Bertz CT molecular complexity index is 508. The maximum atomic E-state index is 5.77. The molecule has 1 N–H and O–H groups in total. The Morgan fingerprint density at radius 3 is 3.12 bits per heavy atom. The van der Waals surface area contributed by atoms with Gasteiger partial charge in [0.1, 0.15) is 5.15 Å². The molecule has 0 bridgehead atoms. The molecule has 16 heavy (non-hydrogen) atoms. The van der Waals surface area contributed by atoms with E-state index in [0.29, 0.717) is 29.0 Å². The molecule has 1 atom stereocenters. The lowest BCUT2D eigenvalue weighted by Gasteiger charge is -2.06. The predicted octanol–water partition coefficient (Wildman–Crippen LogP) is 2.08. The van der Waals surface area contributed by atoms with Crippen molar-refractivity contribution in [3.05, 3.63) is 17.3 Å². The summed E-state index contributed by atoms with van der Waals surface area (Å²) in [6.45, 7) is 1.47. The lowest BCUT2D eigenvalue weighted by Crippen LogP contribution is -2.18. The van der Waals surface area contributed by atoms with Crippen LogP contribution in [-0.4, -0.2) is 29.2 Å². The molecule has 3 rings (SSSR count). The van der Waals surface area contributed by atoms with Crippen molar-refractivity contribution in [3.8, 4) is 0 Å². The second-order valence-corrected chi connectivity index (χ2v) is 4.07. The standard InChI is InChI=1S/C10H10ClN3O2/c11-8-2-1-7-9(13-8)14-10(16-7)12-6-3-4-15-5-6/h1-2,6H,3-5H2,(H,12,13,14). The van der Waals surface area contributed by atoms with E-state index in [1.54, 1.807) is 12.1 Å². The number of aromatic nitrogens is 2. The highest BCUT2D eigenvalue weighted by atomic mass is 35.5. The molecule has 2 aromatic heterocycles. The normalized spacial score (nSPS) is 20.4. The minimum Gasteiger partial charge on any atom is -0.422 e. The number of hydrogen-bond donors (Lipinski definition) is 1. The van der Waals surface area contributed by atoms with Crippen molar-refractivity contribution in [2.75, 3.05) is 18.5 Å². The fourth-order valence-electron chi connectivity index (χ4n) is 1.68. The number of nitrogens with zero attached hydrogens (tertiary/aromatic N) is 2. The van der Waals surface area contributed by atoms with Crippen LogP contribution in [0.1, 0.15) is 6.42 Å². The largest absolute Gasteiger partial charge is 0.422 e. The van der Waals surface area contributed by atoms with Gasteiger partial charge in [-0.1, -0.05) is 11.6 Å². The Morgan fingerprint density at radius 2 is 2.31 bits per heavy atom. The lowest BCUT2D eigenvalue weighted by molar-refractivity contribution is 0.195. The van der Waals surface area contributed by atoms with Crippen LogP contribution < -0.4 is 5.32 Å². The van der Waals surface area contributed by atoms with E-state index >= 15 is 0 Å². The molecule has 1 fully saturated rings. The second kappa shape index (κ2) is 3.92. The highest BCUT2D eigenvalue weighted by molar-refractivity contribution is 6.29. The monoisotopic (exact) mass is 239 g/mol. The molecule has 84 valence electrons. The molecule has 0 spiro atoms. The van der Waals surface area contributed by atoms with Gasteiger partial charge in [0, 0.05) is 6.61 Å². The summed E-state index contributed by atoms with van der Waals surface area (Å²) in [6, 6.07) is 4.18. The summed E-state index contributed by atoms with van der Waals surface area (Å²) < 4.78 is 10.7. The van der Waals surface area contributed by atoms with Crippen molar-refractivity contribution in [3.63, 3.8) is 0 Å². The number of rotatable bonds is 2. The third-order valence-corrected chi connectivity index (χ3v) is 2.69. The molecule has 0 radical (unpaired) electrons. The van der Waals surface area contributed by atoms with Crippen molar-refractivity contribution in [2.24, 2.45) is 0 Å². The zero-order valence-corrected chi connectivity index (χ0v) is 9.20. The van der Waals surface area contributed by atoms with Crippen LogP contribution in [-0.2, 0) is 4.74 Å². The van der Waals surface area contributed by atoms with Crippen LogP contribution in [0.3, 0.4) is 0 Å². The topological polar surface area (TPSA) is 60.2 Å². The van der Waals surface area contributed by atoms with Gasteiger partial charge in [-0.05, 0) is 18.6 Å². The molecule has 5 nitrogen and oxygen atoms in total. The van der Waals surface area contributed by atoms with Gasteiger partial charge in [-0.15, -0.1) is 0 Å². The summed E-state index contributed by atoms with van der Waals surface area (Å²) in [4.78, 5) is 8.27. The number of anilines is 1. The number of halogens is 1.